The molecule has 0 atom stereocenters. The van der Waals surface area contributed by atoms with Gasteiger partial charge in [0.1, 0.15) is 0 Å². The van der Waals surface area contributed by atoms with E-state index in [-0.39, 0.29) is 4.90 Å². The SMILES string of the molecule is CN(CC(=O)Nc1cccc(N2C(=O)c3ccccc3C2=O)c1)S(=O)(=O)c1ccccc1. The van der Waals surface area contributed by atoms with Gasteiger partial charge in [-0.05, 0) is 42.5 Å². The van der Waals surface area contributed by atoms with Crippen LogP contribution >= 0.6 is 0 Å². The van der Waals surface area contributed by atoms with Gasteiger partial charge in [-0.15, -0.1) is 0 Å². The van der Waals surface area contributed by atoms with Gasteiger partial charge in [-0.3, -0.25) is 14.4 Å². The molecule has 0 aromatic heterocycles. The number of likely N-dealkylation sites (N-methyl/N-ethyl adjacent to an activating group) is 1. The summed E-state index contributed by atoms with van der Waals surface area (Å²) in [7, 11) is -2.50. The first-order chi connectivity index (χ1) is 15.3. The first kappa shape index (κ1) is 21.4. The van der Waals surface area contributed by atoms with Crippen molar-refractivity contribution in [2.75, 3.05) is 23.8 Å². The van der Waals surface area contributed by atoms with Gasteiger partial charge < -0.3 is 5.32 Å². The molecule has 0 fully saturated rings. The molecule has 3 aromatic carbocycles. The second kappa shape index (κ2) is 8.37. The molecule has 32 heavy (non-hydrogen) atoms. The monoisotopic (exact) mass is 449 g/mol. The Labute approximate surface area is 185 Å². The number of amides is 3. The van der Waals surface area contributed by atoms with E-state index in [1.807, 2.05) is 0 Å². The predicted octanol–water partition coefficient (Wildman–Crippen LogP) is 2.75. The Kier molecular flexibility index (Phi) is 5.60. The summed E-state index contributed by atoms with van der Waals surface area (Å²) in [5, 5.41) is 2.62. The minimum absolute atomic E-state index is 0.0860. The number of nitrogens with one attached hydrogen (secondary N) is 1. The minimum Gasteiger partial charge on any atom is -0.325 e. The topological polar surface area (TPSA) is 104 Å². The van der Waals surface area contributed by atoms with Crippen LogP contribution in [0, 0.1) is 0 Å². The molecule has 0 spiro atoms. The van der Waals surface area contributed by atoms with Crippen molar-refractivity contribution in [2.24, 2.45) is 0 Å². The van der Waals surface area contributed by atoms with E-state index in [2.05, 4.69) is 5.32 Å². The fourth-order valence-electron chi connectivity index (χ4n) is 3.41. The smallest absolute Gasteiger partial charge is 0.266 e. The van der Waals surface area contributed by atoms with Gasteiger partial charge >= 0.3 is 0 Å². The number of carbonyl (C=O) groups excluding carboxylic acids is 3. The summed E-state index contributed by atoms with van der Waals surface area (Å²) < 4.78 is 26.1. The highest BCUT2D eigenvalue weighted by atomic mass is 32.2. The zero-order valence-electron chi connectivity index (χ0n) is 17.1. The van der Waals surface area contributed by atoms with Crippen molar-refractivity contribution in [1.29, 1.82) is 0 Å². The van der Waals surface area contributed by atoms with Gasteiger partial charge in [-0.25, -0.2) is 13.3 Å². The van der Waals surface area contributed by atoms with Crippen LogP contribution in [0.3, 0.4) is 0 Å². The lowest BCUT2D eigenvalue weighted by atomic mass is 10.1. The highest BCUT2D eigenvalue weighted by Crippen LogP contribution is 2.29. The maximum atomic E-state index is 12.7. The van der Waals surface area contributed by atoms with Crippen molar-refractivity contribution >= 4 is 39.1 Å². The molecule has 9 heteroatoms. The van der Waals surface area contributed by atoms with E-state index >= 15 is 0 Å². The molecule has 8 nitrogen and oxygen atoms in total. The van der Waals surface area contributed by atoms with E-state index < -0.39 is 34.3 Å². The molecule has 1 aliphatic rings. The zero-order chi connectivity index (χ0) is 22.9. The summed E-state index contributed by atoms with van der Waals surface area (Å²) in [6.07, 6.45) is 0. The molecular formula is C23H19N3O5S. The van der Waals surface area contributed by atoms with E-state index in [1.54, 1.807) is 60.7 Å². The molecule has 0 aliphatic carbocycles. The Balaban J connectivity index is 1.49. The highest BCUT2D eigenvalue weighted by Gasteiger charge is 2.36. The molecule has 0 saturated carbocycles. The molecule has 0 bridgehead atoms. The Hall–Kier alpha value is -3.82. The van der Waals surface area contributed by atoms with Gasteiger partial charge in [-0.2, -0.15) is 4.31 Å². The number of rotatable bonds is 6. The molecule has 1 N–H and O–H groups in total. The number of imide groups is 1. The van der Waals surface area contributed by atoms with Crippen LogP contribution in [0.4, 0.5) is 11.4 Å². The van der Waals surface area contributed by atoms with Gasteiger partial charge in [0.2, 0.25) is 15.9 Å². The van der Waals surface area contributed by atoms with Crippen LogP contribution in [0.1, 0.15) is 20.7 Å². The summed E-state index contributed by atoms with van der Waals surface area (Å²) in [5.41, 5.74) is 1.27. The lowest BCUT2D eigenvalue weighted by Crippen LogP contribution is -2.35. The van der Waals surface area contributed by atoms with Crippen molar-refractivity contribution < 1.29 is 22.8 Å². The summed E-state index contributed by atoms with van der Waals surface area (Å²) in [6, 6.07) is 20.6. The van der Waals surface area contributed by atoms with E-state index in [9.17, 15) is 22.8 Å². The third-order valence-corrected chi connectivity index (χ3v) is 6.82. The largest absolute Gasteiger partial charge is 0.325 e. The molecule has 162 valence electrons. The lowest BCUT2D eigenvalue weighted by molar-refractivity contribution is -0.116. The minimum atomic E-state index is -3.82. The lowest BCUT2D eigenvalue weighted by Gasteiger charge is -2.18. The van der Waals surface area contributed by atoms with Crippen molar-refractivity contribution in [3.05, 3.63) is 90.0 Å². The summed E-state index contributed by atoms with van der Waals surface area (Å²) in [6.45, 7) is -0.408. The molecule has 1 aliphatic heterocycles. The van der Waals surface area contributed by atoms with Crippen LogP contribution < -0.4 is 10.2 Å². The second-order valence-electron chi connectivity index (χ2n) is 7.16. The number of sulfonamides is 1. The molecule has 0 saturated heterocycles. The van der Waals surface area contributed by atoms with E-state index in [0.717, 1.165) is 9.21 Å². The van der Waals surface area contributed by atoms with Crippen molar-refractivity contribution in [2.45, 2.75) is 4.90 Å². The number of nitrogens with zero attached hydrogens (tertiary/aromatic N) is 2. The van der Waals surface area contributed by atoms with Gasteiger partial charge in [0.15, 0.2) is 0 Å². The maximum absolute atomic E-state index is 12.7. The summed E-state index contributed by atoms with van der Waals surface area (Å²) >= 11 is 0. The first-order valence-corrected chi connectivity index (χ1v) is 11.1. The number of anilines is 2. The first-order valence-electron chi connectivity index (χ1n) is 9.68. The van der Waals surface area contributed by atoms with Crippen LogP contribution in [-0.2, 0) is 14.8 Å². The normalized spacial score (nSPS) is 13.4. The van der Waals surface area contributed by atoms with E-state index in [4.69, 9.17) is 0 Å². The molecule has 0 radical (unpaired) electrons. The molecule has 4 rings (SSSR count). The van der Waals surface area contributed by atoms with Crippen LogP contribution in [-0.4, -0.2) is 44.0 Å². The van der Waals surface area contributed by atoms with E-state index in [1.165, 1.54) is 25.2 Å². The van der Waals surface area contributed by atoms with Gasteiger partial charge in [-0.1, -0.05) is 36.4 Å². The zero-order valence-corrected chi connectivity index (χ0v) is 17.9. The quantitative estimate of drug-likeness (QED) is 0.583. The summed E-state index contributed by atoms with van der Waals surface area (Å²) in [5.74, 6) is -1.45. The van der Waals surface area contributed by atoms with Gasteiger partial charge in [0.25, 0.3) is 11.8 Å². The van der Waals surface area contributed by atoms with Crippen molar-refractivity contribution in [3.63, 3.8) is 0 Å². The molecule has 3 amide bonds. The van der Waals surface area contributed by atoms with Crippen molar-refractivity contribution in [1.82, 2.24) is 4.31 Å². The fourth-order valence-corrected chi connectivity index (χ4v) is 4.55. The summed E-state index contributed by atoms with van der Waals surface area (Å²) in [4.78, 5) is 39.0. The molecular weight excluding hydrogens is 430 g/mol. The molecule has 0 unspecified atom stereocenters. The molecule has 1 heterocycles. The van der Waals surface area contributed by atoms with Crippen molar-refractivity contribution in [3.8, 4) is 0 Å². The van der Waals surface area contributed by atoms with Crippen LogP contribution in [0.25, 0.3) is 0 Å². The van der Waals surface area contributed by atoms with Crippen LogP contribution in [0.2, 0.25) is 0 Å². The van der Waals surface area contributed by atoms with Gasteiger partial charge in [0.05, 0.1) is 28.3 Å². The molecule has 3 aromatic rings. The Bertz CT molecular complexity index is 1290. The third-order valence-electron chi connectivity index (χ3n) is 5.00. The standard InChI is InChI=1S/C23H19N3O5S/c1-25(32(30,31)18-10-3-2-4-11-18)15-21(27)24-16-8-7-9-17(14-16)26-22(28)19-12-5-6-13-20(19)23(26)29/h2-14H,15H2,1H3,(H,24,27). The Morgan fingerprint density at radius 1 is 0.875 bits per heavy atom. The average molecular weight is 449 g/mol. The highest BCUT2D eigenvalue weighted by molar-refractivity contribution is 7.89. The van der Waals surface area contributed by atoms with Crippen LogP contribution in [0.5, 0.6) is 0 Å². The third kappa shape index (κ3) is 3.91. The number of hydrogen-bond donors (Lipinski definition) is 1. The fraction of sp³-hybridized carbons (Fsp3) is 0.0870. The maximum Gasteiger partial charge on any atom is 0.266 e. The number of hydrogen-bond acceptors (Lipinski definition) is 5. The second-order valence-corrected chi connectivity index (χ2v) is 9.21. The van der Waals surface area contributed by atoms with E-state index in [0.29, 0.717) is 22.5 Å². The predicted molar refractivity (Wildman–Crippen MR) is 119 cm³/mol. The van der Waals surface area contributed by atoms with Gasteiger partial charge in [0, 0.05) is 12.7 Å². The number of benzene rings is 3. The Morgan fingerprint density at radius 2 is 1.47 bits per heavy atom. The Morgan fingerprint density at radius 3 is 2.09 bits per heavy atom. The number of fused-ring (bicyclic) bond motifs is 1. The van der Waals surface area contributed by atoms with Crippen LogP contribution in [0.15, 0.2) is 83.8 Å². The average Bonchev–Trinajstić information content (AvgIpc) is 3.04. The number of carbonyl (C=O) groups is 3.